The first-order chi connectivity index (χ1) is 7.75. The number of hydrogen-bond acceptors (Lipinski definition) is 5. The average Bonchev–Trinajstić information content (AvgIpc) is 2.80. The summed E-state index contributed by atoms with van der Waals surface area (Å²) in [5.41, 5.74) is 4.16. The molecule has 0 fully saturated rings. The Morgan fingerprint density at radius 2 is 2.00 bits per heavy atom. The van der Waals surface area contributed by atoms with E-state index in [0.717, 1.165) is 11.7 Å². The number of aromatic nitrogens is 2. The normalized spacial score (nSPS) is 10.1. The van der Waals surface area contributed by atoms with Gasteiger partial charge in [-0.15, -0.1) is 10.2 Å². The molecule has 5 heteroatoms. The van der Waals surface area contributed by atoms with Crippen molar-refractivity contribution in [3.63, 3.8) is 0 Å². The van der Waals surface area contributed by atoms with Gasteiger partial charge in [0.1, 0.15) is 5.51 Å². The molecule has 0 radical (unpaired) electrons. The van der Waals surface area contributed by atoms with Crippen LogP contribution in [0.3, 0.4) is 0 Å². The molecule has 0 aliphatic heterocycles. The van der Waals surface area contributed by atoms with E-state index in [0.29, 0.717) is 0 Å². The van der Waals surface area contributed by atoms with E-state index in [4.69, 9.17) is 0 Å². The molecule has 0 saturated heterocycles. The zero-order valence-corrected chi connectivity index (χ0v) is 10.2. The van der Waals surface area contributed by atoms with Gasteiger partial charge < -0.3 is 10.2 Å². The molecule has 0 spiro atoms. The summed E-state index contributed by atoms with van der Waals surface area (Å²) in [4.78, 5) is 2.09. The highest BCUT2D eigenvalue weighted by Crippen LogP contribution is 2.14. The number of nitrogens with one attached hydrogen (secondary N) is 1. The van der Waals surface area contributed by atoms with Crippen molar-refractivity contribution in [2.75, 3.05) is 24.3 Å². The van der Waals surface area contributed by atoms with E-state index >= 15 is 0 Å². The molecule has 84 valence electrons. The van der Waals surface area contributed by atoms with E-state index in [1.54, 1.807) is 5.51 Å². The highest BCUT2D eigenvalue weighted by atomic mass is 32.1. The minimum atomic E-state index is 0.781. The molecule has 16 heavy (non-hydrogen) atoms. The molecule has 2 aromatic rings. The van der Waals surface area contributed by atoms with Crippen LogP contribution in [0.5, 0.6) is 0 Å². The van der Waals surface area contributed by atoms with E-state index in [2.05, 4.69) is 44.7 Å². The fourth-order valence-electron chi connectivity index (χ4n) is 1.34. The van der Waals surface area contributed by atoms with Crippen LogP contribution >= 0.6 is 11.3 Å². The number of anilines is 2. The van der Waals surface area contributed by atoms with Crippen LogP contribution < -0.4 is 10.2 Å². The summed E-state index contributed by atoms with van der Waals surface area (Å²) >= 11 is 1.51. The molecule has 4 nitrogen and oxygen atoms in total. The van der Waals surface area contributed by atoms with Crippen LogP contribution in [0.2, 0.25) is 0 Å². The van der Waals surface area contributed by atoms with Crippen LogP contribution in [0.25, 0.3) is 0 Å². The van der Waals surface area contributed by atoms with Crippen LogP contribution in [0.1, 0.15) is 5.56 Å². The van der Waals surface area contributed by atoms with Gasteiger partial charge >= 0.3 is 0 Å². The van der Waals surface area contributed by atoms with Crippen molar-refractivity contribution in [1.82, 2.24) is 10.2 Å². The first kappa shape index (κ1) is 10.9. The van der Waals surface area contributed by atoms with Gasteiger partial charge in [0.2, 0.25) is 5.13 Å². The Morgan fingerprint density at radius 3 is 2.56 bits per heavy atom. The van der Waals surface area contributed by atoms with Gasteiger partial charge in [0, 0.05) is 26.3 Å². The first-order valence-electron chi connectivity index (χ1n) is 5.02. The highest BCUT2D eigenvalue weighted by molar-refractivity contribution is 7.13. The molecular formula is C11H14N4S. The largest absolute Gasteiger partial charge is 0.378 e. The fraction of sp³-hybridized carbons (Fsp3) is 0.273. The third-order valence-electron chi connectivity index (χ3n) is 2.26. The Morgan fingerprint density at radius 1 is 1.25 bits per heavy atom. The van der Waals surface area contributed by atoms with E-state index in [1.165, 1.54) is 22.6 Å². The molecular weight excluding hydrogens is 220 g/mol. The SMILES string of the molecule is CN(C)c1ccc(CNc2nncs2)cc1. The lowest BCUT2D eigenvalue weighted by atomic mass is 10.2. The quantitative estimate of drug-likeness (QED) is 0.880. The molecule has 0 aliphatic carbocycles. The molecule has 0 atom stereocenters. The average molecular weight is 234 g/mol. The van der Waals surface area contributed by atoms with Gasteiger partial charge in [0.25, 0.3) is 0 Å². The van der Waals surface area contributed by atoms with Gasteiger partial charge in [-0.2, -0.15) is 0 Å². The molecule has 0 amide bonds. The van der Waals surface area contributed by atoms with Gasteiger partial charge in [-0.25, -0.2) is 0 Å². The smallest absolute Gasteiger partial charge is 0.205 e. The fourth-order valence-corrected chi connectivity index (χ4v) is 1.78. The van der Waals surface area contributed by atoms with Gasteiger partial charge in [0.05, 0.1) is 0 Å². The molecule has 1 N–H and O–H groups in total. The van der Waals surface area contributed by atoms with E-state index in [9.17, 15) is 0 Å². The van der Waals surface area contributed by atoms with Crippen LogP contribution in [0.4, 0.5) is 10.8 Å². The van der Waals surface area contributed by atoms with E-state index < -0.39 is 0 Å². The lowest BCUT2D eigenvalue weighted by Gasteiger charge is -2.12. The summed E-state index contributed by atoms with van der Waals surface area (Å²) in [6.45, 7) is 0.781. The minimum Gasteiger partial charge on any atom is -0.378 e. The Hall–Kier alpha value is -1.62. The predicted molar refractivity (Wildman–Crippen MR) is 68.0 cm³/mol. The molecule has 1 aromatic carbocycles. The second-order valence-corrected chi connectivity index (χ2v) is 4.49. The van der Waals surface area contributed by atoms with Gasteiger partial charge in [-0.05, 0) is 17.7 Å². The lowest BCUT2D eigenvalue weighted by molar-refractivity contribution is 1.05. The molecule has 0 unspecified atom stereocenters. The zero-order valence-electron chi connectivity index (χ0n) is 9.34. The standard InChI is InChI=1S/C11H14N4S/c1-15(2)10-5-3-9(4-6-10)7-12-11-14-13-8-16-11/h3-6,8H,7H2,1-2H3,(H,12,14). The molecule has 0 aliphatic rings. The van der Waals surface area contributed by atoms with Crippen molar-refractivity contribution in [2.24, 2.45) is 0 Å². The lowest BCUT2D eigenvalue weighted by Crippen LogP contribution is -2.08. The zero-order chi connectivity index (χ0) is 11.4. The topological polar surface area (TPSA) is 41.0 Å². The molecule has 1 aromatic heterocycles. The molecule has 0 bridgehead atoms. The number of hydrogen-bond donors (Lipinski definition) is 1. The van der Waals surface area contributed by atoms with Crippen LogP contribution in [0.15, 0.2) is 29.8 Å². The molecule has 1 heterocycles. The Bertz CT molecular complexity index is 422. The predicted octanol–water partition coefficient (Wildman–Crippen LogP) is 2.22. The summed E-state index contributed by atoms with van der Waals surface area (Å²) < 4.78 is 0. The Labute approximate surface area is 98.9 Å². The van der Waals surface area contributed by atoms with Gasteiger partial charge in [-0.3, -0.25) is 0 Å². The monoisotopic (exact) mass is 234 g/mol. The summed E-state index contributed by atoms with van der Waals surface area (Å²) in [6.07, 6.45) is 0. The number of benzene rings is 1. The Balaban J connectivity index is 1.95. The maximum atomic E-state index is 3.93. The van der Waals surface area contributed by atoms with Crippen molar-refractivity contribution in [2.45, 2.75) is 6.54 Å². The van der Waals surface area contributed by atoms with Gasteiger partial charge in [-0.1, -0.05) is 23.5 Å². The van der Waals surface area contributed by atoms with Crippen LogP contribution in [-0.2, 0) is 6.54 Å². The van der Waals surface area contributed by atoms with Crippen molar-refractivity contribution >= 4 is 22.2 Å². The summed E-state index contributed by atoms with van der Waals surface area (Å²) in [6, 6.07) is 8.45. The molecule has 0 saturated carbocycles. The third kappa shape index (κ3) is 2.70. The van der Waals surface area contributed by atoms with Crippen LogP contribution in [-0.4, -0.2) is 24.3 Å². The highest BCUT2D eigenvalue weighted by Gasteiger charge is 1.98. The maximum Gasteiger partial charge on any atom is 0.205 e. The third-order valence-corrected chi connectivity index (χ3v) is 2.91. The molecule has 2 rings (SSSR count). The van der Waals surface area contributed by atoms with E-state index in [1.807, 2.05) is 14.1 Å². The van der Waals surface area contributed by atoms with Crippen molar-refractivity contribution in [3.8, 4) is 0 Å². The summed E-state index contributed by atoms with van der Waals surface area (Å²) in [5.74, 6) is 0. The summed E-state index contributed by atoms with van der Waals surface area (Å²) in [5, 5.41) is 11.8. The van der Waals surface area contributed by atoms with Crippen molar-refractivity contribution < 1.29 is 0 Å². The summed E-state index contributed by atoms with van der Waals surface area (Å²) in [7, 11) is 4.07. The maximum absolute atomic E-state index is 3.93. The van der Waals surface area contributed by atoms with E-state index in [-0.39, 0.29) is 0 Å². The minimum absolute atomic E-state index is 0.781. The second-order valence-electron chi connectivity index (χ2n) is 3.66. The van der Waals surface area contributed by atoms with Gasteiger partial charge in [0.15, 0.2) is 0 Å². The number of rotatable bonds is 4. The second kappa shape index (κ2) is 4.94. The number of nitrogens with zero attached hydrogens (tertiary/aromatic N) is 3. The van der Waals surface area contributed by atoms with Crippen molar-refractivity contribution in [3.05, 3.63) is 35.3 Å². The van der Waals surface area contributed by atoms with Crippen molar-refractivity contribution in [1.29, 1.82) is 0 Å². The Kier molecular flexibility index (Phi) is 3.36. The van der Waals surface area contributed by atoms with Crippen LogP contribution in [0, 0.1) is 0 Å². The first-order valence-corrected chi connectivity index (χ1v) is 5.90.